The molecule has 4 aromatic rings. The Balaban J connectivity index is 1.48. The number of ether oxygens (including phenoxy) is 2. The maximum atomic E-state index is 13.5. The summed E-state index contributed by atoms with van der Waals surface area (Å²) in [5.41, 5.74) is 1.80. The Labute approximate surface area is 178 Å². The van der Waals surface area contributed by atoms with Gasteiger partial charge in [-0.2, -0.15) is 0 Å². The first kappa shape index (κ1) is 18.6. The number of aromatic nitrogens is 1. The van der Waals surface area contributed by atoms with E-state index in [0.29, 0.717) is 23.6 Å². The molecular weight excluding hydrogens is 396 g/mol. The summed E-state index contributed by atoms with van der Waals surface area (Å²) in [6, 6.07) is 23.3. The third-order valence-electron chi connectivity index (χ3n) is 5.39. The molecule has 1 aliphatic heterocycles. The van der Waals surface area contributed by atoms with Crippen LogP contribution in [0, 0.1) is 0 Å². The molecule has 0 saturated heterocycles. The number of benzene rings is 3. The number of para-hydroxylation sites is 1. The summed E-state index contributed by atoms with van der Waals surface area (Å²) >= 11 is 1.63. The number of nitrogens with zero attached hydrogens (tertiary/aromatic N) is 1. The predicted octanol–water partition coefficient (Wildman–Crippen LogP) is 5.16. The molecular formula is C24H20N2O3S. The predicted molar refractivity (Wildman–Crippen MR) is 118 cm³/mol. The topological polar surface area (TPSA) is 60.5 Å². The molecule has 0 fully saturated rings. The number of nitrogens with one attached hydrogen (secondary N) is 1. The first-order valence-electron chi connectivity index (χ1n) is 9.73. The fraction of sp³-hybridized carbons (Fsp3) is 0.167. The summed E-state index contributed by atoms with van der Waals surface area (Å²) < 4.78 is 11.9. The molecule has 1 aromatic heterocycles. The van der Waals surface area contributed by atoms with Crippen LogP contribution in [0.25, 0.3) is 10.2 Å². The number of rotatable bonds is 5. The van der Waals surface area contributed by atoms with Gasteiger partial charge in [0.1, 0.15) is 0 Å². The van der Waals surface area contributed by atoms with Crippen LogP contribution in [0.15, 0.2) is 72.8 Å². The highest BCUT2D eigenvalue weighted by molar-refractivity contribution is 7.18. The highest BCUT2D eigenvalue weighted by Crippen LogP contribution is 2.36. The first-order valence-corrected chi connectivity index (χ1v) is 10.5. The molecule has 0 radical (unpaired) electrons. The van der Waals surface area contributed by atoms with Crippen LogP contribution in [0.4, 0.5) is 5.69 Å². The van der Waals surface area contributed by atoms with Crippen molar-refractivity contribution in [2.75, 3.05) is 12.1 Å². The average molecular weight is 417 g/mol. The van der Waals surface area contributed by atoms with E-state index in [0.717, 1.165) is 20.8 Å². The summed E-state index contributed by atoms with van der Waals surface area (Å²) in [7, 11) is 0. The van der Waals surface area contributed by atoms with Crippen molar-refractivity contribution in [1.29, 1.82) is 0 Å². The Kier molecular flexibility index (Phi) is 4.64. The summed E-state index contributed by atoms with van der Waals surface area (Å²) in [6.07, 6.45) is 0.507. The molecule has 0 aliphatic carbocycles. The van der Waals surface area contributed by atoms with Crippen molar-refractivity contribution in [2.24, 2.45) is 0 Å². The third-order valence-corrected chi connectivity index (χ3v) is 6.42. The lowest BCUT2D eigenvalue weighted by molar-refractivity contribution is -0.121. The van der Waals surface area contributed by atoms with Gasteiger partial charge < -0.3 is 14.8 Å². The lowest BCUT2D eigenvalue weighted by Crippen LogP contribution is -2.39. The van der Waals surface area contributed by atoms with Crippen LogP contribution < -0.4 is 14.8 Å². The fourth-order valence-electron chi connectivity index (χ4n) is 3.66. The Morgan fingerprint density at radius 2 is 1.80 bits per heavy atom. The first-order chi connectivity index (χ1) is 14.6. The highest BCUT2D eigenvalue weighted by Gasteiger charge is 2.36. The van der Waals surface area contributed by atoms with Crippen molar-refractivity contribution in [1.82, 2.24) is 4.98 Å². The second-order valence-electron chi connectivity index (χ2n) is 7.47. The molecule has 5 nitrogen and oxygen atoms in total. The molecule has 3 aromatic carbocycles. The van der Waals surface area contributed by atoms with Crippen LogP contribution in [0.2, 0.25) is 0 Å². The van der Waals surface area contributed by atoms with Gasteiger partial charge in [-0.25, -0.2) is 4.98 Å². The van der Waals surface area contributed by atoms with Crippen LogP contribution in [0.3, 0.4) is 0 Å². The largest absolute Gasteiger partial charge is 0.454 e. The zero-order valence-electron chi connectivity index (χ0n) is 16.4. The smallest absolute Gasteiger partial charge is 0.235 e. The lowest BCUT2D eigenvalue weighted by atomic mass is 9.78. The van der Waals surface area contributed by atoms with Crippen molar-refractivity contribution >= 4 is 33.1 Å². The molecule has 1 amide bonds. The molecule has 0 saturated carbocycles. The number of fused-ring (bicyclic) bond motifs is 2. The van der Waals surface area contributed by atoms with E-state index in [2.05, 4.69) is 11.4 Å². The molecule has 5 rings (SSSR count). The zero-order valence-corrected chi connectivity index (χ0v) is 17.2. The standard InChI is InChI=1S/C24H20N2O3S/c1-24(16-7-3-2-4-8-16,14-22-26-18-9-5-6-10-21(18)30-22)23(27)25-17-11-12-19-20(13-17)29-15-28-19/h2-13H,14-15H2,1H3,(H,25,27). The van der Waals surface area contributed by atoms with Crippen LogP contribution in [-0.2, 0) is 16.6 Å². The molecule has 1 unspecified atom stereocenters. The molecule has 0 bridgehead atoms. The number of hydrogen-bond acceptors (Lipinski definition) is 5. The number of carbonyl (C=O) groups excluding carboxylic acids is 1. The van der Waals surface area contributed by atoms with Gasteiger partial charge in [-0.3, -0.25) is 4.79 Å². The maximum Gasteiger partial charge on any atom is 0.235 e. The van der Waals surface area contributed by atoms with Crippen LogP contribution in [0.1, 0.15) is 17.5 Å². The normalized spacial score (nSPS) is 14.4. The van der Waals surface area contributed by atoms with Gasteiger partial charge in [-0.1, -0.05) is 42.5 Å². The number of amides is 1. The van der Waals surface area contributed by atoms with Gasteiger partial charge in [0.2, 0.25) is 12.7 Å². The van der Waals surface area contributed by atoms with Gasteiger partial charge in [0.15, 0.2) is 11.5 Å². The Bertz CT molecular complexity index is 1190. The summed E-state index contributed by atoms with van der Waals surface area (Å²) in [6.45, 7) is 2.17. The van der Waals surface area contributed by atoms with E-state index in [1.807, 2.05) is 67.6 Å². The molecule has 1 atom stereocenters. The van der Waals surface area contributed by atoms with Crippen molar-refractivity contribution in [3.05, 3.63) is 83.4 Å². The van der Waals surface area contributed by atoms with Crippen molar-refractivity contribution in [2.45, 2.75) is 18.8 Å². The summed E-state index contributed by atoms with van der Waals surface area (Å²) in [5, 5.41) is 4.00. The van der Waals surface area contributed by atoms with E-state index in [1.54, 1.807) is 17.4 Å². The number of anilines is 1. The van der Waals surface area contributed by atoms with Gasteiger partial charge in [-0.05, 0) is 36.8 Å². The average Bonchev–Trinajstić information content (AvgIpc) is 3.39. The molecule has 1 aliphatic rings. The van der Waals surface area contributed by atoms with Crippen molar-refractivity contribution < 1.29 is 14.3 Å². The van der Waals surface area contributed by atoms with E-state index < -0.39 is 5.41 Å². The quantitative estimate of drug-likeness (QED) is 0.488. The van der Waals surface area contributed by atoms with E-state index in [9.17, 15) is 4.79 Å². The number of thiazole rings is 1. The van der Waals surface area contributed by atoms with Crippen LogP contribution >= 0.6 is 11.3 Å². The minimum atomic E-state index is -0.786. The highest BCUT2D eigenvalue weighted by atomic mass is 32.1. The summed E-state index contributed by atoms with van der Waals surface area (Å²) in [5.74, 6) is 1.24. The molecule has 6 heteroatoms. The van der Waals surface area contributed by atoms with Crippen LogP contribution in [0.5, 0.6) is 11.5 Å². The SMILES string of the molecule is CC(Cc1nc2ccccc2s1)(C(=O)Nc1ccc2c(c1)OCO2)c1ccccc1. The van der Waals surface area contributed by atoms with E-state index in [1.165, 1.54) is 0 Å². The Morgan fingerprint density at radius 1 is 1.03 bits per heavy atom. The zero-order chi connectivity index (χ0) is 20.6. The second kappa shape index (κ2) is 7.46. The van der Waals surface area contributed by atoms with Crippen molar-refractivity contribution in [3.63, 3.8) is 0 Å². The number of hydrogen-bond donors (Lipinski definition) is 1. The van der Waals surface area contributed by atoms with E-state index in [-0.39, 0.29) is 12.7 Å². The minimum absolute atomic E-state index is 0.0909. The monoisotopic (exact) mass is 416 g/mol. The van der Waals surface area contributed by atoms with Gasteiger partial charge in [0, 0.05) is 18.2 Å². The van der Waals surface area contributed by atoms with Crippen LogP contribution in [-0.4, -0.2) is 17.7 Å². The van der Waals surface area contributed by atoms with Gasteiger partial charge in [-0.15, -0.1) is 11.3 Å². The summed E-state index contributed by atoms with van der Waals surface area (Å²) in [4.78, 5) is 18.3. The Morgan fingerprint density at radius 3 is 2.63 bits per heavy atom. The van der Waals surface area contributed by atoms with Gasteiger partial charge in [0.05, 0.1) is 20.6 Å². The van der Waals surface area contributed by atoms with E-state index in [4.69, 9.17) is 14.5 Å². The second-order valence-corrected chi connectivity index (χ2v) is 8.59. The maximum absolute atomic E-state index is 13.5. The van der Waals surface area contributed by atoms with Gasteiger partial charge >= 0.3 is 0 Å². The third kappa shape index (κ3) is 3.39. The van der Waals surface area contributed by atoms with Gasteiger partial charge in [0.25, 0.3) is 0 Å². The van der Waals surface area contributed by atoms with Crippen molar-refractivity contribution in [3.8, 4) is 11.5 Å². The molecule has 30 heavy (non-hydrogen) atoms. The Hall–Kier alpha value is -3.38. The molecule has 150 valence electrons. The minimum Gasteiger partial charge on any atom is -0.454 e. The van der Waals surface area contributed by atoms with E-state index >= 15 is 0 Å². The molecule has 1 N–H and O–H groups in total. The fourth-order valence-corrected chi connectivity index (χ4v) is 4.78. The molecule has 2 heterocycles. The molecule has 0 spiro atoms. The number of carbonyl (C=O) groups is 1. The lowest BCUT2D eigenvalue weighted by Gasteiger charge is -2.28.